The van der Waals surface area contributed by atoms with E-state index in [4.69, 9.17) is 0 Å². The Morgan fingerprint density at radius 1 is 0.800 bits per heavy atom. The SMILES string of the molecule is Cc1ccc(N(Cc2ccccc2)S(=O)(=O)c2ccccc2)c(C)c1. The molecule has 0 fully saturated rings. The number of benzene rings is 3. The Kier molecular flexibility index (Phi) is 4.91. The highest BCUT2D eigenvalue weighted by Crippen LogP contribution is 2.29. The molecule has 0 spiro atoms. The zero-order chi connectivity index (χ0) is 17.9. The van der Waals surface area contributed by atoms with E-state index in [1.54, 1.807) is 24.3 Å². The highest BCUT2D eigenvalue weighted by atomic mass is 32.2. The normalized spacial score (nSPS) is 11.3. The van der Waals surface area contributed by atoms with E-state index in [-0.39, 0.29) is 0 Å². The highest BCUT2D eigenvalue weighted by molar-refractivity contribution is 7.92. The van der Waals surface area contributed by atoms with E-state index in [2.05, 4.69) is 0 Å². The van der Waals surface area contributed by atoms with Crippen LogP contribution in [0.4, 0.5) is 5.69 Å². The van der Waals surface area contributed by atoms with Gasteiger partial charge in [-0.2, -0.15) is 0 Å². The molecule has 3 aromatic carbocycles. The van der Waals surface area contributed by atoms with Crippen molar-refractivity contribution >= 4 is 15.7 Å². The number of aryl methyl sites for hydroxylation is 2. The zero-order valence-electron chi connectivity index (χ0n) is 14.4. The standard InChI is InChI=1S/C21H21NO2S/c1-17-13-14-21(18(2)15-17)22(16-19-9-5-3-6-10-19)25(23,24)20-11-7-4-8-12-20/h3-15H,16H2,1-2H3. The van der Waals surface area contributed by atoms with Gasteiger partial charge in [0.15, 0.2) is 0 Å². The number of nitrogens with zero attached hydrogens (tertiary/aromatic N) is 1. The molecular formula is C21H21NO2S. The lowest BCUT2D eigenvalue weighted by atomic mass is 10.1. The molecule has 3 aromatic rings. The Balaban J connectivity index is 2.12. The fourth-order valence-electron chi connectivity index (χ4n) is 2.85. The Bertz CT molecular complexity index is 952. The number of sulfonamides is 1. The lowest BCUT2D eigenvalue weighted by molar-refractivity contribution is 0.590. The van der Waals surface area contributed by atoms with Gasteiger partial charge in [0.05, 0.1) is 17.1 Å². The molecular weight excluding hydrogens is 330 g/mol. The first-order chi connectivity index (χ1) is 12.0. The second-order valence-electron chi connectivity index (χ2n) is 6.10. The van der Waals surface area contributed by atoms with Gasteiger partial charge in [-0.3, -0.25) is 4.31 Å². The molecule has 0 aliphatic rings. The summed E-state index contributed by atoms with van der Waals surface area (Å²) in [7, 11) is -3.65. The Labute approximate surface area is 149 Å². The minimum atomic E-state index is -3.65. The molecule has 0 radical (unpaired) electrons. The summed E-state index contributed by atoms with van der Waals surface area (Å²) in [5.41, 5.74) is 3.70. The minimum Gasteiger partial charge on any atom is -0.262 e. The summed E-state index contributed by atoms with van der Waals surface area (Å²) in [6, 6.07) is 24.1. The number of hydrogen-bond donors (Lipinski definition) is 0. The van der Waals surface area contributed by atoms with Crippen molar-refractivity contribution in [3.05, 3.63) is 95.6 Å². The molecule has 0 saturated carbocycles. The van der Waals surface area contributed by atoms with Gasteiger partial charge < -0.3 is 0 Å². The van der Waals surface area contributed by atoms with E-state index in [9.17, 15) is 8.42 Å². The largest absolute Gasteiger partial charge is 0.264 e. The quantitative estimate of drug-likeness (QED) is 0.668. The van der Waals surface area contributed by atoms with Crippen molar-refractivity contribution in [1.29, 1.82) is 0 Å². The van der Waals surface area contributed by atoms with Crippen LogP contribution in [0.15, 0.2) is 83.8 Å². The molecule has 0 amide bonds. The van der Waals surface area contributed by atoms with E-state index in [0.717, 1.165) is 16.7 Å². The fourth-order valence-corrected chi connectivity index (χ4v) is 4.39. The zero-order valence-corrected chi connectivity index (χ0v) is 15.2. The lowest BCUT2D eigenvalue weighted by Gasteiger charge is -2.26. The van der Waals surface area contributed by atoms with Crippen LogP contribution in [-0.2, 0) is 16.6 Å². The first kappa shape index (κ1) is 17.2. The predicted octanol–water partition coefficient (Wildman–Crippen LogP) is 4.70. The Morgan fingerprint density at radius 3 is 2.00 bits per heavy atom. The van der Waals surface area contributed by atoms with Crippen LogP contribution in [0.3, 0.4) is 0 Å². The molecule has 0 bridgehead atoms. The Morgan fingerprint density at radius 2 is 1.40 bits per heavy atom. The van der Waals surface area contributed by atoms with Crippen LogP contribution < -0.4 is 4.31 Å². The van der Waals surface area contributed by atoms with Gasteiger partial charge in [0.1, 0.15) is 0 Å². The van der Waals surface area contributed by atoms with Crippen LogP contribution >= 0.6 is 0 Å². The average molecular weight is 351 g/mol. The summed E-state index contributed by atoms with van der Waals surface area (Å²) in [4.78, 5) is 0.297. The average Bonchev–Trinajstić information content (AvgIpc) is 2.62. The van der Waals surface area contributed by atoms with Gasteiger partial charge in [0, 0.05) is 0 Å². The summed E-state index contributed by atoms with van der Waals surface area (Å²) in [6.07, 6.45) is 0. The molecule has 3 nitrogen and oxygen atoms in total. The maximum atomic E-state index is 13.3. The third-order valence-corrected chi connectivity index (χ3v) is 5.90. The first-order valence-corrected chi connectivity index (χ1v) is 9.61. The van der Waals surface area contributed by atoms with Gasteiger partial charge >= 0.3 is 0 Å². The molecule has 0 atom stereocenters. The minimum absolute atomic E-state index is 0.294. The van der Waals surface area contributed by atoms with Crippen molar-refractivity contribution in [2.45, 2.75) is 25.3 Å². The van der Waals surface area contributed by atoms with Gasteiger partial charge in [-0.15, -0.1) is 0 Å². The van der Waals surface area contributed by atoms with Crippen molar-refractivity contribution in [3.63, 3.8) is 0 Å². The van der Waals surface area contributed by atoms with E-state index < -0.39 is 10.0 Å². The van der Waals surface area contributed by atoms with Crippen LogP contribution in [0.2, 0.25) is 0 Å². The number of hydrogen-bond acceptors (Lipinski definition) is 2. The first-order valence-electron chi connectivity index (χ1n) is 8.17. The Hall–Kier alpha value is -2.59. The number of anilines is 1. The molecule has 0 aliphatic heterocycles. The second-order valence-corrected chi connectivity index (χ2v) is 7.96. The van der Waals surface area contributed by atoms with Crippen molar-refractivity contribution in [3.8, 4) is 0 Å². The topological polar surface area (TPSA) is 37.4 Å². The summed E-state index contributed by atoms with van der Waals surface area (Å²) in [6.45, 7) is 4.24. The molecule has 128 valence electrons. The highest BCUT2D eigenvalue weighted by Gasteiger charge is 2.26. The third-order valence-electron chi connectivity index (χ3n) is 4.12. The van der Waals surface area contributed by atoms with Crippen molar-refractivity contribution < 1.29 is 8.42 Å². The maximum absolute atomic E-state index is 13.3. The van der Waals surface area contributed by atoms with Gasteiger partial charge in [-0.05, 0) is 43.2 Å². The lowest BCUT2D eigenvalue weighted by Crippen LogP contribution is -2.31. The fraction of sp³-hybridized carbons (Fsp3) is 0.143. The van der Waals surface area contributed by atoms with E-state index in [1.807, 2.05) is 68.4 Å². The number of rotatable bonds is 5. The van der Waals surface area contributed by atoms with Gasteiger partial charge in [-0.25, -0.2) is 8.42 Å². The molecule has 4 heteroatoms. The predicted molar refractivity (Wildman–Crippen MR) is 102 cm³/mol. The molecule has 0 aromatic heterocycles. The third kappa shape index (κ3) is 3.74. The smallest absolute Gasteiger partial charge is 0.262 e. The van der Waals surface area contributed by atoms with Crippen LogP contribution in [0.25, 0.3) is 0 Å². The molecule has 0 heterocycles. The van der Waals surface area contributed by atoms with Gasteiger partial charge in [0.25, 0.3) is 10.0 Å². The van der Waals surface area contributed by atoms with Gasteiger partial charge in [0.2, 0.25) is 0 Å². The van der Waals surface area contributed by atoms with Crippen LogP contribution in [0.1, 0.15) is 16.7 Å². The monoisotopic (exact) mass is 351 g/mol. The second kappa shape index (κ2) is 7.11. The van der Waals surface area contributed by atoms with Crippen LogP contribution in [0.5, 0.6) is 0 Å². The summed E-state index contributed by atoms with van der Waals surface area (Å²) < 4.78 is 28.1. The summed E-state index contributed by atoms with van der Waals surface area (Å²) in [5.74, 6) is 0. The van der Waals surface area contributed by atoms with Gasteiger partial charge in [-0.1, -0.05) is 66.2 Å². The van der Waals surface area contributed by atoms with Crippen LogP contribution in [-0.4, -0.2) is 8.42 Å². The maximum Gasteiger partial charge on any atom is 0.264 e. The molecule has 25 heavy (non-hydrogen) atoms. The molecule has 0 aliphatic carbocycles. The van der Waals surface area contributed by atoms with E-state index in [1.165, 1.54) is 4.31 Å². The molecule has 0 N–H and O–H groups in total. The molecule has 0 unspecified atom stereocenters. The summed E-state index contributed by atoms with van der Waals surface area (Å²) >= 11 is 0. The van der Waals surface area contributed by atoms with Crippen molar-refractivity contribution in [2.75, 3.05) is 4.31 Å². The van der Waals surface area contributed by atoms with Crippen molar-refractivity contribution in [2.24, 2.45) is 0 Å². The van der Waals surface area contributed by atoms with E-state index >= 15 is 0 Å². The van der Waals surface area contributed by atoms with Crippen molar-refractivity contribution in [1.82, 2.24) is 0 Å². The molecule has 3 rings (SSSR count). The van der Waals surface area contributed by atoms with Crippen LogP contribution in [0, 0.1) is 13.8 Å². The molecule has 0 saturated heterocycles. The van der Waals surface area contributed by atoms with E-state index in [0.29, 0.717) is 17.1 Å². The summed E-state index contributed by atoms with van der Waals surface area (Å²) in [5, 5.41) is 0.